The van der Waals surface area contributed by atoms with E-state index in [0.29, 0.717) is 23.7 Å². The topological polar surface area (TPSA) is 79.5 Å². The fraction of sp³-hybridized carbons (Fsp3) is 0.500. The number of unbranched alkanes of at least 4 members (excludes halogenated alkanes) is 1. The monoisotopic (exact) mass is 238 g/mol. The average molecular weight is 238 g/mol. The lowest BCUT2D eigenvalue weighted by Gasteiger charge is -2.10. The maximum Gasteiger partial charge on any atom is 0.248 e. The SMILES string of the molecule is C=CNC(/N=C(\C)NC)=C(\CCCC)C(N)=O. The van der Waals surface area contributed by atoms with Crippen LogP contribution in [0.25, 0.3) is 0 Å². The molecule has 5 nitrogen and oxygen atoms in total. The van der Waals surface area contributed by atoms with Gasteiger partial charge >= 0.3 is 0 Å². The molecule has 4 N–H and O–H groups in total. The quantitative estimate of drug-likeness (QED) is 0.355. The summed E-state index contributed by atoms with van der Waals surface area (Å²) in [5.74, 6) is 0.716. The summed E-state index contributed by atoms with van der Waals surface area (Å²) in [5.41, 5.74) is 5.87. The molecule has 17 heavy (non-hydrogen) atoms. The van der Waals surface area contributed by atoms with Gasteiger partial charge in [0.25, 0.3) is 0 Å². The van der Waals surface area contributed by atoms with Crippen LogP contribution in [0.4, 0.5) is 0 Å². The maximum absolute atomic E-state index is 11.4. The van der Waals surface area contributed by atoms with E-state index in [2.05, 4.69) is 29.1 Å². The van der Waals surface area contributed by atoms with Gasteiger partial charge in [0.15, 0.2) is 0 Å². The molecule has 1 amide bonds. The van der Waals surface area contributed by atoms with Crippen LogP contribution in [0.15, 0.2) is 29.2 Å². The molecule has 0 heterocycles. The summed E-state index contributed by atoms with van der Waals surface area (Å²) < 4.78 is 0. The molecular formula is C12H22N4O. The molecule has 0 unspecified atom stereocenters. The molecule has 0 radical (unpaired) electrons. The van der Waals surface area contributed by atoms with Crippen LogP contribution in [0.2, 0.25) is 0 Å². The Morgan fingerprint density at radius 3 is 2.59 bits per heavy atom. The molecule has 96 valence electrons. The van der Waals surface area contributed by atoms with Crippen molar-refractivity contribution in [2.24, 2.45) is 10.7 Å². The van der Waals surface area contributed by atoms with E-state index >= 15 is 0 Å². The number of carbonyl (C=O) groups excluding carboxylic acids is 1. The van der Waals surface area contributed by atoms with Crippen LogP contribution < -0.4 is 16.4 Å². The molecule has 0 bridgehead atoms. The summed E-state index contributed by atoms with van der Waals surface area (Å²) in [4.78, 5) is 15.7. The van der Waals surface area contributed by atoms with Crippen LogP contribution in [0.3, 0.4) is 0 Å². The minimum Gasteiger partial charge on any atom is -0.377 e. The lowest BCUT2D eigenvalue weighted by Crippen LogP contribution is -2.22. The molecular weight excluding hydrogens is 216 g/mol. The highest BCUT2D eigenvalue weighted by atomic mass is 16.1. The Kier molecular flexibility index (Phi) is 7.50. The lowest BCUT2D eigenvalue weighted by molar-refractivity contribution is -0.114. The van der Waals surface area contributed by atoms with Crippen molar-refractivity contribution in [1.29, 1.82) is 0 Å². The zero-order valence-corrected chi connectivity index (χ0v) is 10.8. The first kappa shape index (κ1) is 15.2. The molecule has 0 saturated heterocycles. The Bertz CT molecular complexity index is 331. The van der Waals surface area contributed by atoms with Gasteiger partial charge in [0.05, 0.1) is 5.57 Å². The summed E-state index contributed by atoms with van der Waals surface area (Å²) in [6.45, 7) is 7.43. The number of nitrogens with two attached hydrogens (primary N) is 1. The van der Waals surface area contributed by atoms with E-state index < -0.39 is 5.91 Å². The highest BCUT2D eigenvalue weighted by molar-refractivity contribution is 5.93. The van der Waals surface area contributed by atoms with E-state index in [1.807, 2.05) is 6.92 Å². The number of nitrogens with zero attached hydrogens (tertiary/aromatic N) is 1. The van der Waals surface area contributed by atoms with E-state index in [0.717, 1.165) is 12.8 Å². The van der Waals surface area contributed by atoms with E-state index in [-0.39, 0.29) is 0 Å². The number of aliphatic imine (C=N–C) groups is 1. The molecule has 0 aliphatic heterocycles. The molecule has 0 spiro atoms. The summed E-state index contributed by atoms with van der Waals surface area (Å²) >= 11 is 0. The Balaban J connectivity index is 5.25. The molecule has 0 fully saturated rings. The highest BCUT2D eigenvalue weighted by Crippen LogP contribution is 2.12. The Labute approximate surface area is 103 Å². The molecule has 0 saturated carbocycles. The minimum absolute atomic E-state index is 0.449. The molecule has 0 aromatic carbocycles. The van der Waals surface area contributed by atoms with Gasteiger partial charge in [0, 0.05) is 7.05 Å². The second-order valence-electron chi connectivity index (χ2n) is 3.59. The van der Waals surface area contributed by atoms with Crippen molar-refractivity contribution in [3.8, 4) is 0 Å². The van der Waals surface area contributed by atoms with Gasteiger partial charge in [0.1, 0.15) is 11.7 Å². The number of amides is 1. The third-order valence-electron chi connectivity index (χ3n) is 2.24. The van der Waals surface area contributed by atoms with Gasteiger partial charge in [-0.2, -0.15) is 0 Å². The van der Waals surface area contributed by atoms with E-state index in [1.165, 1.54) is 6.20 Å². The van der Waals surface area contributed by atoms with Crippen LogP contribution in [-0.2, 0) is 4.79 Å². The molecule has 0 aromatic heterocycles. The largest absolute Gasteiger partial charge is 0.377 e. The number of carbonyl (C=O) groups is 1. The summed E-state index contributed by atoms with van der Waals surface area (Å²) in [6, 6.07) is 0. The van der Waals surface area contributed by atoms with Crippen molar-refractivity contribution in [1.82, 2.24) is 10.6 Å². The van der Waals surface area contributed by atoms with Crippen molar-refractivity contribution >= 4 is 11.7 Å². The summed E-state index contributed by atoms with van der Waals surface area (Å²) in [7, 11) is 1.76. The summed E-state index contributed by atoms with van der Waals surface area (Å²) in [5, 5.41) is 5.75. The second kappa shape index (κ2) is 8.38. The van der Waals surface area contributed by atoms with Crippen molar-refractivity contribution in [2.45, 2.75) is 33.1 Å². The molecule has 0 aliphatic rings. The molecule has 0 rings (SSSR count). The van der Waals surface area contributed by atoms with Gasteiger partial charge < -0.3 is 16.4 Å². The zero-order chi connectivity index (χ0) is 13.3. The highest BCUT2D eigenvalue weighted by Gasteiger charge is 2.11. The fourth-order valence-electron chi connectivity index (χ4n) is 1.22. The van der Waals surface area contributed by atoms with Gasteiger partial charge in [-0.25, -0.2) is 4.99 Å². The molecule has 0 atom stereocenters. The molecule has 0 aromatic rings. The third-order valence-corrected chi connectivity index (χ3v) is 2.24. The van der Waals surface area contributed by atoms with Gasteiger partial charge in [-0.1, -0.05) is 19.9 Å². The Morgan fingerprint density at radius 1 is 1.53 bits per heavy atom. The molecule has 5 heteroatoms. The second-order valence-corrected chi connectivity index (χ2v) is 3.59. The number of rotatable bonds is 7. The van der Waals surface area contributed by atoms with Crippen LogP contribution in [-0.4, -0.2) is 18.8 Å². The van der Waals surface area contributed by atoms with Gasteiger partial charge in [-0.15, -0.1) is 0 Å². The average Bonchev–Trinajstić information content (AvgIpc) is 2.29. The number of primary amides is 1. The van der Waals surface area contributed by atoms with Gasteiger partial charge in [-0.05, 0) is 26.0 Å². The first-order valence-corrected chi connectivity index (χ1v) is 5.70. The Hall–Kier alpha value is -1.78. The fourth-order valence-corrected chi connectivity index (χ4v) is 1.22. The van der Waals surface area contributed by atoms with Gasteiger partial charge in [0.2, 0.25) is 5.91 Å². The first-order valence-electron chi connectivity index (χ1n) is 5.70. The predicted octanol–water partition coefficient (Wildman–Crippen LogP) is 1.24. The summed E-state index contributed by atoms with van der Waals surface area (Å²) in [6.07, 6.45) is 3.99. The number of hydrogen-bond donors (Lipinski definition) is 3. The zero-order valence-electron chi connectivity index (χ0n) is 10.8. The van der Waals surface area contributed by atoms with Crippen LogP contribution >= 0.6 is 0 Å². The van der Waals surface area contributed by atoms with E-state index in [4.69, 9.17) is 5.73 Å². The maximum atomic E-state index is 11.4. The number of hydrogen-bond acceptors (Lipinski definition) is 3. The Morgan fingerprint density at radius 2 is 2.18 bits per heavy atom. The number of nitrogens with one attached hydrogen (secondary N) is 2. The first-order chi connectivity index (χ1) is 8.06. The number of amidine groups is 1. The van der Waals surface area contributed by atoms with Crippen molar-refractivity contribution in [3.63, 3.8) is 0 Å². The lowest BCUT2D eigenvalue weighted by atomic mass is 10.1. The van der Waals surface area contributed by atoms with Crippen molar-refractivity contribution < 1.29 is 4.79 Å². The predicted molar refractivity (Wildman–Crippen MR) is 71.2 cm³/mol. The molecule has 0 aliphatic carbocycles. The standard InChI is InChI=1S/C12H22N4O/c1-5-7-8-10(11(13)17)12(15-6-2)16-9(3)14-4/h6,15H,2,5,7-8H2,1,3-4H3,(H2,13,17)(H,14,16)/b12-10-. The van der Waals surface area contributed by atoms with E-state index in [1.54, 1.807) is 7.05 Å². The van der Waals surface area contributed by atoms with Crippen molar-refractivity contribution in [3.05, 3.63) is 24.2 Å². The van der Waals surface area contributed by atoms with Crippen LogP contribution in [0, 0.1) is 0 Å². The normalized spacial score (nSPS) is 12.8. The smallest absolute Gasteiger partial charge is 0.248 e. The minimum atomic E-state index is -0.449. The third kappa shape index (κ3) is 5.75. The van der Waals surface area contributed by atoms with Crippen molar-refractivity contribution in [2.75, 3.05) is 7.05 Å². The van der Waals surface area contributed by atoms with Gasteiger partial charge in [-0.3, -0.25) is 4.79 Å². The van der Waals surface area contributed by atoms with Crippen LogP contribution in [0.5, 0.6) is 0 Å². The van der Waals surface area contributed by atoms with Crippen LogP contribution in [0.1, 0.15) is 33.1 Å². The van der Waals surface area contributed by atoms with E-state index in [9.17, 15) is 4.79 Å².